The number of nitrogens with one attached hydrogen (secondary N) is 1. The maximum atomic E-state index is 15.3. The third-order valence-corrected chi connectivity index (χ3v) is 3.84. The lowest BCUT2D eigenvalue weighted by Crippen LogP contribution is -2.50. The van der Waals surface area contributed by atoms with Gasteiger partial charge in [-0.3, -0.25) is 14.3 Å². The van der Waals surface area contributed by atoms with E-state index in [1.165, 1.54) is 0 Å². The van der Waals surface area contributed by atoms with Crippen LogP contribution >= 0.6 is 0 Å². The number of nitrogens with two attached hydrogens (primary N) is 1. The molecule has 3 heterocycles. The number of hydrogen-bond acceptors (Lipinski definition) is 7. The topological polar surface area (TPSA) is 139 Å². The summed E-state index contributed by atoms with van der Waals surface area (Å²) < 4.78 is 21.4. The molecule has 9 nitrogen and oxygen atoms in total. The van der Waals surface area contributed by atoms with E-state index < -0.39 is 36.3 Å². The molecule has 0 bridgehead atoms. The second-order valence-electron chi connectivity index (χ2n) is 5.06. The first-order chi connectivity index (χ1) is 10.4. The standard InChI is InChI=1S/C12H14FN5O4/c1-2-11(3-19)9(21)12(13,4-22-11)18-5-15-6-7(18)16-10(14)17-8(6)20/h2,5,9,19,21H,1,3-4H2,(H3,14,16,17,20)/t9-,11-,12+/m1/s1. The number of imidazole rings is 1. The number of fused-ring (bicyclic) bond motifs is 1. The Morgan fingerprint density at radius 3 is 3.05 bits per heavy atom. The maximum absolute atomic E-state index is 15.3. The van der Waals surface area contributed by atoms with E-state index in [2.05, 4.69) is 21.5 Å². The third-order valence-electron chi connectivity index (χ3n) is 3.84. The van der Waals surface area contributed by atoms with Crippen molar-refractivity contribution in [2.45, 2.75) is 17.5 Å². The van der Waals surface area contributed by atoms with Gasteiger partial charge < -0.3 is 20.7 Å². The molecule has 1 fully saturated rings. The SMILES string of the molecule is C=C[C@]1(CO)OC[C@](F)(n2cnc3c(=O)[nH]c(N)nc32)[C@@H]1O. The Kier molecular flexibility index (Phi) is 3.06. The number of aliphatic hydroxyl groups excluding tert-OH is 2. The van der Waals surface area contributed by atoms with Gasteiger partial charge in [0.05, 0.1) is 6.61 Å². The van der Waals surface area contributed by atoms with Gasteiger partial charge in [-0.05, 0) is 0 Å². The highest BCUT2D eigenvalue weighted by Gasteiger charge is 2.59. The zero-order valence-electron chi connectivity index (χ0n) is 11.4. The molecule has 1 aliphatic heterocycles. The minimum Gasteiger partial charge on any atom is -0.393 e. The minimum atomic E-state index is -2.49. The molecule has 2 aromatic heterocycles. The van der Waals surface area contributed by atoms with Gasteiger partial charge in [-0.2, -0.15) is 4.98 Å². The lowest BCUT2D eigenvalue weighted by Gasteiger charge is -2.30. The van der Waals surface area contributed by atoms with Crippen molar-refractivity contribution >= 4 is 17.1 Å². The number of H-pyrrole nitrogens is 1. The predicted octanol–water partition coefficient (Wildman–Crippen LogP) is -1.37. The van der Waals surface area contributed by atoms with E-state index >= 15 is 4.39 Å². The summed E-state index contributed by atoms with van der Waals surface area (Å²) in [6.45, 7) is 2.20. The van der Waals surface area contributed by atoms with Gasteiger partial charge in [0.15, 0.2) is 11.2 Å². The van der Waals surface area contributed by atoms with Crippen LogP contribution in [0.5, 0.6) is 0 Å². The van der Waals surface area contributed by atoms with Crippen molar-refractivity contribution in [1.29, 1.82) is 0 Å². The number of aromatic nitrogens is 4. The molecule has 0 spiro atoms. The average Bonchev–Trinajstić information content (AvgIpc) is 3.02. The Morgan fingerprint density at radius 1 is 1.73 bits per heavy atom. The first kappa shape index (κ1) is 14.6. The molecule has 118 valence electrons. The van der Waals surface area contributed by atoms with E-state index in [0.29, 0.717) is 0 Å². The number of alkyl halides is 1. The van der Waals surface area contributed by atoms with Crippen molar-refractivity contribution in [3.8, 4) is 0 Å². The summed E-state index contributed by atoms with van der Waals surface area (Å²) in [5, 5.41) is 19.7. The largest absolute Gasteiger partial charge is 0.393 e. The first-order valence-electron chi connectivity index (χ1n) is 6.36. The fourth-order valence-corrected chi connectivity index (χ4v) is 2.53. The number of nitrogens with zero attached hydrogens (tertiary/aromatic N) is 3. The van der Waals surface area contributed by atoms with Gasteiger partial charge in [-0.25, -0.2) is 9.37 Å². The van der Waals surface area contributed by atoms with Gasteiger partial charge in [0, 0.05) is 0 Å². The highest BCUT2D eigenvalue weighted by molar-refractivity contribution is 5.70. The van der Waals surface area contributed by atoms with E-state index in [4.69, 9.17) is 10.5 Å². The molecule has 0 aliphatic carbocycles. The molecular formula is C12H14FN5O4. The molecule has 10 heteroatoms. The Hall–Kier alpha value is -2.30. The summed E-state index contributed by atoms with van der Waals surface area (Å²) in [5.41, 5.74) is 2.91. The Labute approximate surface area is 122 Å². The summed E-state index contributed by atoms with van der Waals surface area (Å²) >= 11 is 0. The van der Waals surface area contributed by atoms with Crippen LogP contribution in [0.15, 0.2) is 23.8 Å². The number of aromatic amines is 1. The van der Waals surface area contributed by atoms with Crippen LogP contribution in [-0.2, 0) is 10.5 Å². The number of anilines is 1. The molecule has 5 N–H and O–H groups in total. The van der Waals surface area contributed by atoms with Crippen molar-refractivity contribution in [2.24, 2.45) is 0 Å². The second-order valence-corrected chi connectivity index (χ2v) is 5.06. The smallest absolute Gasteiger partial charge is 0.280 e. The van der Waals surface area contributed by atoms with Crippen molar-refractivity contribution in [3.05, 3.63) is 29.3 Å². The quantitative estimate of drug-likeness (QED) is 0.513. The van der Waals surface area contributed by atoms with Crippen molar-refractivity contribution in [3.63, 3.8) is 0 Å². The van der Waals surface area contributed by atoms with E-state index in [1.807, 2.05) is 0 Å². The Bertz CT molecular complexity index is 804. The van der Waals surface area contributed by atoms with Crippen LogP contribution < -0.4 is 11.3 Å². The maximum Gasteiger partial charge on any atom is 0.280 e. The van der Waals surface area contributed by atoms with Crippen LogP contribution in [0.2, 0.25) is 0 Å². The van der Waals surface area contributed by atoms with Crippen LogP contribution in [0.3, 0.4) is 0 Å². The summed E-state index contributed by atoms with van der Waals surface area (Å²) in [5.74, 6) is -2.70. The molecule has 1 aliphatic rings. The minimum absolute atomic E-state index is 0.126. The predicted molar refractivity (Wildman–Crippen MR) is 73.6 cm³/mol. The van der Waals surface area contributed by atoms with Crippen LogP contribution in [0, 0.1) is 0 Å². The summed E-state index contributed by atoms with van der Waals surface area (Å²) in [4.78, 5) is 21.6. The zero-order chi connectivity index (χ0) is 16.1. The van der Waals surface area contributed by atoms with Gasteiger partial charge in [-0.15, -0.1) is 6.58 Å². The van der Waals surface area contributed by atoms with Gasteiger partial charge in [0.1, 0.15) is 24.6 Å². The monoisotopic (exact) mass is 311 g/mol. The highest BCUT2D eigenvalue weighted by atomic mass is 19.1. The lowest BCUT2D eigenvalue weighted by molar-refractivity contribution is -0.0780. The Balaban J connectivity index is 2.20. The van der Waals surface area contributed by atoms with Crippen molar-refractivity contribution in [1.82, 2.24) is 19.5 Å². The summed E-state index contributed by atoms with van der Waals surface area (Å²) in [7, 11) is 0. The number of hydrogen-bond donors (Lipinski definition) is 4. The first-order valence-corrected chi connectivity index (χ1v) is 6.36. The molecule has 1 saturated heterocycles. The van der Waals surface area contributed by atoms with Gasteiger partial charge in [0.25, 0.3) is 5.56 Å². The summed E-state index contributed by atoms with van der Waals surface area (Å²) in [6, 6.07) is 0. The van der Waals surface area contributed by atoms with E-state index in [0.717, 1.165) is 17.0 Å². The molecule has 0 unspecified atom stereocenters. The van der Waals surface area contributed by atoms with Gasteiger partial charge >= 0.3 is 0 Å². The fraction of sp³-hybridized carbons (Fsp3) is 0.417. The number of nitrogen functional groups attached to an aromatic ring is 1. The van der Waals surface area contributed by atoms with Gasteiger partial charge in [-0.1, -0.05) is 6.08 Å². The van der Waals surface area contributed by atoms with Crippen LogP contribution in [0.1, 0.15) is 0 Å². The van der Waals surface area contributed by atoms with Crippen molar-refractivity contribution < 1.29 is 19.3 Å². The van der Waals surface area contributed by atoms with Crippen molar-refractivity contribution in [2.75, 3.05) is 18.9 Å². The molecular weight excluding hydrogens is 297 g/mol. The molecule has 3 atom stereocenters. The molecule has 2 aromatic rings. The molecule has 3 rings (SSSR count). The third kappa shape index (κ3) is 1.71. The lowest BCUT2D eigenvalue weighted by atomic mass is 9.93. The molecule has 22 heavy (non-hydrogen) atoms. The zero-order valence-corrected chi connectivity index (χ0v) is 11.4. The normalized spacial score (nSPS) is 31.7. The number of ether oxygens (including phenoxy) is 1. The van der Waals surface area contributed by atoms with Crippen LogP contribution in [-0.4, -0.2) is 54.7 Å². The summed E-state index contributed by atoms with van der Waals surface area (Å²) in [6.07, 6.45) is 0.379. The number of halogens is 1. The highest BCUT2D eigenvalue weighted by Crippen LogP contribution is 2.41. The van der Waals surface area contributed by atoms with Crippen LogP contribution in [0.25, 0.3) is 11.2 Å². The molecule has 0 amide bonds. The molecule has 0 radical (unpaired) electrons. The van der Waals surface area contributed by atoms with E-state index in [1.54, 1.807) is 0 Å². The number of aliphatic hydroxyl groups is 2. The second kappa shape index (κ2) is 4.60. The van der Waals surface area contributed by atoms with Crippen LogP contribution in [0.4, 0.5) is 10.3 Å². The fourth-order valence-electron chi connectivity index (χ4n) is 2.53. The number of rotatable bonds is 3. The van der Waals surface area contributed by atoms with Gasteiger partial charge in [0.2, 0.25) is 11.7 Å². The van der Waals surface area contributed by atoms with E-state index in [9.17, 15) is 15.0 Å². The Morgan fingerprint density at radius 2 is 2.45 bits per heavy atom. The molecule has 0 saturated carbocycles. The van der Waals surface area contributed by atoms with E-state index in [-0.39, 0.29) is 17.1 Å². The molecule has 0 aromatic carbocycles. The average molecular weight is 311 g/mol.